The Hall–Kier alpha value is -2.15. The summed E-state index contributed by atoms with van der Waals surface area (Å²) in [6, 6.07) is 3.68. The number of piperazine rings is 1. The van der Waals surface area contributed by atoms with E-state index in [4.69, 9.17) is 5.73 Å². The third kappa shape index (κ3) is 4.48. The molecular formula is C18H27N5O2. The zero-order valence-electron chi connectivity index (χ0n) is 14.6. The number of carbonyl (C=O) groups is 2. The Kier molecular flexibility index (Phi) is 5.53. The van der Waals surface area contributed by atoms with Gasteiger partial charge in [-0.05, 0) is 36.9 Å². The van der Waals surface area contributed by atoms with E-state index in [2.05, 4.69) is 15.6 Å². The van der Waals surface area contributed by atoms with E-state index >= 15 is 0 Å². The van der Waals surface area contributed by atoms with Gasteiger partial charge in [0.15, 0.2) is 0 Å². The van der Waals surface area contributed by atoms with Crippen LogP contribution >= 0.6 is 0 Å². The minimum Gasteiger partial charge on any atom is -0.353 e. The molecule has 7 nitrogen and oxygen atoms in total. The number of carbonyl (C=O) groups excluding carboxylic acids is 2. The number of aromatic nitrogens is 1. The summed E-state index contributed by atoms with van der Waals surface area (Å²) in [7, 11) is 0. The molecule has 0 atom stereocenters. The van der Waals surface area contributed by atoms with Gasteiger partial charge in [0, 0.05) is 19.5 Å². The molecule has 0 spiro atoms. The molecule has 1 saturated carbocycles. The molecule has 1 aliphatic heterocycles. The van der Waals surface area contributed by atoms with E-state index in [0.29, 0.717) is 31.7 Å². The first-order valence-corrected chi connectivity index (χ1v) is 9.08. The van der Waals surface area contributed by atoms with Gasteiger partial charge in [-0.2, -0.15) is 0 Å². The molecule has 3 rings (SSSR count). The van der Waals surface area contributed by atoms with Crippen molar-refractivity contribution in [3.05, 3.63) is 18.3 Å². The van der Waals surface area contributed by atoms with Crippen LogP contribution in [0.1, 0.15) is 38.5 Å². The Morgan fingerprint density at radius 3 is 2.76 bits per heavy atom. The SMILES string of the molecule is NCC1(CC(=O)Nc2ccc(N3CCNC(=O)C3)nc2)CCCCC1. The second-order valence-electron chi connectivity index (χ2n) is 7.17. The first kappa shape index (κ1) is 17.7. The van der Waals surface area contributed by atoms with Crippen molar-refractivity contribution < 1.29 is 9.59 Å². The number of anilines is 2. The first-order valence-electron chi connectivity index (χ1n) is 9.08. The van der Waals surface area contributed by atoms with E-state index in [-0.39, 0.29) is 17.2 Å². The molecule has 0 bridgehead atoms. The summed E-state index contributed by atoms with van der Waals surface area (Å²) in [6.07, 6.45) is 7.74. The lowest BCUT2D eigenvalue weighted by Gasteiger charge is -2.35. The predicted molar refractivity (Wildman–Crippen MR) is 97.3 cm³/mol. The third-order valence-corrected chi connectivity index (χ3v) is 5.28. The molecule has 7 heteroatoms. The molecule has 136 valence electrons. The molecule has 4 N–H and O–H groups in total. The molecular weight excluding hydrogens is 318 g/mol. The van der Waals surface area contributed by atoms with Crippen molar-refractivity contribution in [1.82, 2.24) is 10.3 Å². The number of nitrogens with zero attached hydrogens (tertiary/aromatic N) is 2. The van der Waals surface area contributed by atoms with E-state index in [1.54, 1.807) is 6.20 Å². The standard InChI is InChI=1S/C18H27N5O2/c19-13-18(6-2-1-3-7-18)10-16(24)22-14-4-5-15(21-11-14)23-9-8-20-17(25)12-23/h4-5,11H,1-3,6-10,12-13,19H2,(H,20,25)(H,22,24). The maximum absolute atomic E-state index is 12.4. The van der Waals surface area contributed by atoms with Crippen LogP contribution in [0.4, 0.5) is 11.5 Å². The lowest BCUT2D eigenvalue weighted by molar-refractivity contribution is -0.120. The fourth-order valence-electron chi connectivity index (χ4n) is 3.78. The van der Waals surface area contributed by atoms with Crippen LogP contribution in [0.2, 0.25) is 0 Å². The van der Waals surface area contributed by atoms with Gasteiger partial charge in [0.2, 0.25) is 11.8 Å². The number of pyridine rings is 1. The molecule has 2 fully saturated rings. The lowest BCUT2D eigenvalue weighted by Crippen LogP contribution is -2.48. The topological polar surface area (TPSA) is 100 Å². The van der Waals surface area contributed by atoms with Gasteiger partial charge in [-0.3, -0.25) is 9.59 Å². The van der Waals surface area contributed by atoms with Crippen LogP contribution in [0, 0.1) is 5.41 Å². The second kappa shape index (κ2) is 7.82. The van der Waals surface area contributed by atoms with Gasteiger partial charge in [0.1, 0.15) is 5.82 Å². The van der Waals surface area contributed by atoms with Gasteiger partial charge >= 0.3 is 0 Å². The zero-order valence-corrected chi connectivity index (χ0v) is 14.6. The highest BCUT2D eigenvalue weighted by atomic mass is 16.2. The highest BCUT2D eigenvalue weighted by Gasteiger charge is 2.33. The van der Waals surface area contributed by atoms with E-state index in [0.717, 1.165) is 38.0 Å². The van der Waals surface area contributed by atoms with Crippen molar-refractivity contribution in [1.29, 1.82) is 0 Å². The predicted octanol–water partition coefficient (Wildman–Crippen LogP) is 1.26. The van der Waals surface area contributed by atoms with Crippen molar-refractivity contribution in [2.45, 2.75) is 38.5 Å². The van der Waals surface area contributed by atoms with Crippen LogP contribution in [0.3, 0.4) is 0 Å². The Balaban J connectivity index is 1.57. The molecule has 1 aromatic heterocycles. The molecule has 0 unspecified atom stereocenters. The van der Waals surface area contributed by atoms with Gasteiger partial charge in [-0.1, -0.05) is 19.3 Å². The molecule has 2 aliphatic rings. The summed E-state index contributed by atoms with van der Waals surface area (Å²) in [4.78, 5) is 30.2. The number of amides is 2. The molecule has 1 saturated heterocycles. The lowest BCUT2D eigenvalue weighted by atomic mass is 9.71. The Labute approximate surface area is 148 Å². The summed E-state index contributed by atoms with van der Waals surface area (Å²) in [6.45, 7) is 2.25. The third-order valence-electron chi connectivity index (χ3n) is 5.28. The van der Waals surface area contributed by atoms with Crippen molar-refractivity contribution in [2.24, 2.45) is 11.1 Å². The molecule has 0 aromatic carbocycles. The minimum absolute atomic E-state index is 0.000694. The van der Waals surface area contributed by atoms with Crippen LogP contribution in [0.5, 0.6) is 0 Å². The first-order chi connectivity index (χ1) is 12.1. The van der Waals surface area contributed by atoms with E-state index < -0.39 is 0 Å². The van der Waals surface area contributed by atoms with E-state index in [1.165, 1.54) is 6.42 Å². The number of hydrogen-bond donors (Lipinski definition) is 3. The zero-order chi connectivity index (χ0) is 17.7. The minimum atomic E-state index is -0.0448. The van der Waals surface area contributed by atoms with Gasteiger partial charge in [0.25, 0.3) is 0 Å². The van der Waals surface area contributed by atoms with Crippen molar-refractivity contribution >= 4 is 23.3 Å². The average Bonchev–Trinajstić information content (AvgIpc) is 2.63. The monoisotopic (exact) mass is 345 g/mol. The maximum Gasteiger partial charge on any atom is 0.239 e. The van der Waals surface area contributed by atoms with E-state index in [9.17, 15) is 9.59 Å². The van der Waals surface area contributed by atoms with Crippen LogP contribution in [0.25, 0.3) is 0 Å². The number of nitrogens with one attached hydrogen (secondary N) is 2. The number of rotatable bonds is 5. The number of nitrogens with two attached hydrogens (primary N) is 1. The van der Waals surface area contributed by atoms with Crippen LogP contribution < -0.4 is 21.3 Å². The van der Waals surface area contributed by atoms with Gasteiger partial charge in [-0.15, -0.1) is 0 Å². The normalized spacial score (nSPS) is 20.0. The Morgan fingerprint density at radius 1 is 1.32 bits per heavy atom. The smallest absolute Gasteiger partial charge is 0.239 e. The molecule has 1 aliphatic carbocycles. The molecule has 25 heavy (non-hydrogen) atoms. The van der Waals surface area contributed by atoms with Crippen molar-refractivity contribution in [3.63, 3.8) is 0 Å². The highest BCUT2D eigenvalue weighted by Crippen LogP contribution is 2.38. The molecule has 0 radical (unpaired) electrons. The quantitative estimate of drug-likeness (QED) is 0.746. The van der Waals surface area contributed by atoms with Gasteiger partial charge < -0.3 is 21.3 Å². The fourth-order valence-corrected chi connectivity index (χ4v) is 3.78. The maximum atomic E-state index is 12.4. The van der Waals surface area contributed by atoms with E-state index in [1.807, 2.05) is 17.0 Å². The van der Waals surface area contributed by atoms with Crippen LogP contribution in [-0.4, -0.2) is 43.0 Å². The largest absolute Gasteiger partial charge is 0.353 e. The van der Waals surface area contributed by atoms with Crippen LogP contribution in [-0.2, 0) is 9.59 Å². The van der Waals surface area contributed by atoms with Crippen molar-refractivity contribution in [3.8, 4) is 0 Å². The molecule has 2 amide bonds. The highest BCUT2D eigenvalue weighted by molar-refractivity contribution is 5.91. The van der Waals surface area contributed by atoms with Gasteiger partial charge in [0.05, 0.1) is 18.4 Å². The summed E-state index contributed by atoms with van der Waals surface area (Å²) in [5, 5.41) is 5.72. The Morgan fingerprint density at radius 2 is 2.12 bits per heavy atom. The van der Waals surface area contributed by atoms with Crippen molar-refractivity contribution in [2.75, 3.05) is 36.4 Å². The summed E-state index contributed by atoms with van der Waals surface area (Å²) >= 11 is 0. The molecule has 1 aromatic rings. The second-order valence-corrected chi connectivity index (χ2v) is 7.17. The summed E-state index contributed by atoms with van der Waals surface area (Å²) in [5.74, 6) is 0.753. The Bertz CT molecular complexity index is 610. The van der Waals surface area contributed by atoms with Gasteiger partial charge in [-0.25, -0.2) is 4.98 Å². The number of hydrogen-bond acceptors (Lipinski definition) is 5. The van der Waals surface area contributed by atoms with Crippen LogP contribution in [0.15, 0.2) is 18.3 Å². The molecule has 2 heterocycles. The summed E-state index contributed by atoms with van der Waals surface area (Å²) < 4.78 is 0. The summed E-state index contributed by atoms with van der Waals surface area (Å²) in [5.41, 5.74) is 6.60. The average molecular weight is 345 g/mol. The fraction of sp³-hybridized carbons (Fsp3) is 0.611.